The summed E-state index contributed by atoms with van der Waals surface area (Å²) in [7, 11) is 0. The lowest BCUT2D eigenvalue weighted by molar-refractivity contribution is 0.0602. The number of nitrogens with one attached hydrogen (secondary N) is 1. The molecule has 1 saturated carbocycles. The molecule has 0 radical (unpaired) electrons. The van der Waals surface area contributed by atoms with Crippen molar-refractivity contribution in [3.63, 3.8) is 0 Å². The van der Waals surface area contributed by atoms with E-state index in [1.54, 1.807) is 0 Å². The van der Waals surface area contributed by atoms with E-state index in [-0.39, 0.29) is 0 Å². The van der Waals surface area contributed by atoms with Crippen LogP contribution in [-0.2, 0) is 17.8 Å². The van der Waals surface area contributed by atoms with Crippen molar-refractivity contribution in [1.29, 1.82) is 0 Å². The molecule has 0 unspecified atom stereocenters. The quantitative estimate of drug-likeness (QED) is 0.721. The lowest BCUT2D eigenvalue weighted by Gasteiger charge is -2.12. The van der Waals surface area contributed by atoms with Gasteiger partial charge < -0.3 is 14.6 Å². The van der Waals surface area contributed by atoms with E-state index in [2.05, 4.69) is 21.8 Å². The van der Waals surface area contributed by atoms with Crippen LogP contribution in [0, 0.1) is 0 Å². The summed E-state index contributed by atoms with van der Waals surface area (Å²) in [6, 6.07) is 0. The van der Waals surface area contributed by atoms with Gasteiger partial charge in [0.1, 0.15) is 0 Å². The molecule has 4 nitrogen and oxygen atoms in total. The van der Waals surface area contributed by atoms with Crippen molar-refractivity contribution in [1.82, 2.24) is 14.9 Å². The van der Waals surface area contributed by atoms with Gasteiger partial charge in [0.15, 0.2) is 0 Å². The van der Waals surface area contributed by atoms with Gasteiger partial charge in [0.2, 0.25) is 0 Å². The van der Waals surface area contributed by atoms with Crippen molar-refractivity contribution >= 4 is 0 Å². The smallest absolute Gasteiger partial charge is 0.0948 e. The van der Waals surface area contributed by atoms with Gasteiger partial charge in [-0.15, -0.1) is 0 Å². The second-order valence-electron chi connectivity index (χ2n) is 5.03. The zero-order valence-corrected chi connectivity index (χ0v) is 11.4. The monoisotopic (exact) mass is 251 g/mol. The van der Waals surface area contributed by atoms with Crippen LogP contribution in [-0.4, -0.2) is 28.8 Å². The third-order valence-electron chi connectivity index (χ3n) is 3.50. The number of rotatable bonds is 8. The summed E-state index contributed by atoms with van der Waals surface area (Å²) >= 11 is 0. The van der Waals surface area contributed by atoms with Crippen LogP contribution >= 0.6 is 0 Å². The maximum Gasteiger partial charge on any atom is 0.0948 e. The molecule has 1 fully saturated rings. The van der Waals surface area contributed by atoms with Crippen molar-refractivity contribution in [3.05, 3.63) is 18.2 Å². The van der Waals surface area contributed by atoms with Crippen LogP contribution in [0.4, 0.5) is 0 Å². The topological polar surface area (TPSA) is 39.1 Å². The first-order valence-corrected chi connectivity index (χ1v) is 7.21. The zero-order chi connectivity index (χ0) is 12.6. The molecule has 4 heteroatoms. The zero-order valence-electron chi connectivity index (χ0n) is 11.4. The Morgan fingerprint density at radius 2 is 2.28 bits per heavy atom. The van der Waals surface area contributed by atoms with E-state index in [1.807, 2.05) is 12.5 Å². The first-order valence-electron chi connectivity index (χ1n) is 7.21. The molecule has 18 heavy (non-hydrogen) atoms. The average Bonchev–Trinajstić information content (AvgIpc) is 3.01. The third kappa shape index (κ3) is 4.10. The fraction of sp³-hybridized carbons (Fsp3) is 0.786. The van der Waals surface area contributed by atoms with Gasteiger partial charge in [-0.1, -0.05) is 19.8 Å². The first kappa shape index (κ1) is 13.6. The molecule has 0 aliphatic heterocycles. The standard InChI is InChI=1S/C14H25N3O/c1-2-8-17-12-16-11-13(17)10-15-7-9-18-14-5-3-4-6-14/h11-12,14-15H,2-10H2,1H3. The Morgan fingerprint density at radius 1 is 1.44 bits per heavy atom. The van der Waals surface area contributed by atoms with Gasteiger partial charge in [0.05, 0.1) is 24.7 Å². The van der Waals surface area contributed by atoms with E-state index in [9.17, 15) is 0 Å². The lowest BCUT2D eigenvalue weighted by atomic mass is 10.3. The molecule has 1 aromatic rings. The van der Waals surface area contributed by atoms with Crippen LogP contribution in [0.25, 0.3) is 0 Å². The number of aryl methyl sites for hydroxylation is 1. The van der Waals surface area contributed by atoms with Crippen LogP contribution in [0.1, 0.15) is 44.7 Å². The third-order valence-corrected chi connectivity index (χ3v) is 3.50. The van der Waals surface area contributed by atoms with E-state index < -0.39 is 0 Å². The summed E-state index contributed by atoms with van der Waals surface area (Å²) in [4.78, 5) is 4.19. The molecule has 0 bridgehead atoms. The van der Waals surface area contributed by atoms with E-state index in [0.29, 0.717) is 6.10 Å². The average molecular weight is 251 g/mol. The summed E-state index contributed by atoms with van der Waals surface area (Å²) in [6.07, 6.45) is 10.7. The maximum absolute atomic E-state index is 5.82. The number of nitrogens with zero attached hydrogens (tertiary/aromatic N) is 2. The highest BCUT2D eigenvalue weighted by Gasteiger charge is 2.14. The fourth-order valence-corrected chi connectivity index (χ4v) is 2.51. The van der Waals surface area contributed by atoms with Gasteiger partial charge in [0, 0.05) is 25.8 Å². The highest BCUT2D eigenvalue weighted by atomic mass is 16.5. The SMILES string of the molecule is CCCn1cncc1CNCCOC1CCCC1. The number of aromatic nitrogens is 2. The molecular formula is C14H25N3O. The maximum atomic E-state index is 5.82. The first-order chi connectivity index (χ1) is 8.90. The summed E-state index contributed by atoms with van der Waals surface area (Å²) in [5.41, 5.74) is 1.26. The molecule has 1 aliphatic rings. The molecule has 1 aliphatic carbocycles. The van der Waals surface area contributed by atoms with E-state index >= 15 is 0 Å². The number of hydrogen-bond donors (Lipinski definition) is 1. The van der Waals surface area contributed by atoms with Crippen LogP contribution in [0.5, 0.6) is 0 Å². The van der Waals surface area contributed by atoms with Gasteiger partial charge in [-0.2, -0.15) is 0 Å². The van der Waals surface area contributed by atoms with Gasteiger partial charge in [0.25, 0.3) is 0 Å². The Labute approximate surface area is 110 Å². The number of hydrogen-bond acceptors (Lipinski definition) is 3. The molecule has 0 aromatic carbocycles. The molecule has 2 rings (SSSR count). The van der Waals surface area contributed by atoms with Gasteiger partial charge >= 0.3 is 0 Å². The largest absolute Gasteiger partial charge is 0.377 e. The molecule has 0 spiro atoms. The highest BCUT2D eigenvalue weighted by Crippen LogP contribution is 2.20. The Morgan fingerprint density at radius 3 is 3.06 bits per heavy atom. The minimum absolute atomic E-state index is 0.525. The number of ether oxygens (including phenoxy) is 1. The molecule has 102 valence electrons. The summed E-state index contributed by atoms with van der Waals surface area (Å²) < 4.78 is 8.03. The van der Waals surface area contributed by atoms with E-state index in [1.165, 1.54) is 31.4 Å². The molecule has 0 atom stereocenters. The van der Waals surface area contributed by atoms with Crippen molar-refractivity contribution in [2.45, 2.75) is 58.2 Å². The molecule has 1 N–H and O–H groups in total. The van der Waals surface area contributed by atoms with Crippen LogP contribution in [0.2, 0.25) is 0 Å². The molecular weight excluding hydrogens is 226 g/mol. The van der Waals surface area contributed by atoms with Crippen LogP contribution < -0.4 is 5.32 Å². The minimum atomic E-state index is 0.525. The fourth-order valence-electron chi connectivity index (χ4n) is 2.51. The van der Waals surface area contributed by atoms with Gasteiger partial charge in [-0.3, -0.25) is 0 Å². The van der Waals surface area contributed by atoms with Crippen LogP contribution in [0.3, 0.4) is 0 Å². The Balaban J connectivity index is 1.58. The van der Waals surface area contributed by atoms with E-state index in [4.69, 9.17) is 4.74 Å². The van der Waals surface area contributed by atoms with Gasteiger partial charge in [-0.25, -0.2) is 4.98 Å². The molecule has 1 heterocycles. The Bertz CT molecular complexity index is 332. The minimum Gasteiger partial charge on any atom is -0.377 e. The predicted molar refractivity (Wildman–Crippen MR) is 72.4 cm³/mol. The van der Waals surface area contributed by atoms with Gasteiger partial charge in [-0.05, 0) is 19.3 Å². The highest BCUT2D eigenvalue weighted by molar-refractivity contribution is 4.97. The van der Waals surface area contributed by atoms with Crippen molar-refractivity contribution < 1.29 is 4.74 Å². The van der Waals surface area contributed by atoms with Crippen LogP contribution in [0.15, 0.2) is 12.5 Å². The summed E-state index contributed by atoms with van der Waals surface area (Å²) in [5, 5.41) is 3.42. The van der Waals surface area contributed by atoms with Crippen molar-refractivity contribution in [2.24, 2.45) is 0 Å². The summed E-state index contributed by atoms with van der Waals surface area (Å²) in [5.74, 6) is 0. The second-order valence-corrected chi connectivity index (χ2v) is 5.03. The Hall–Kier alpha value is -0.870. The molecule has 0 saturated heterocycles. The Kier molecular flexibility index (Phi) is 5.68. The lowest BCUT2D eigenvalue weighted by Crippen LogP contribution is -2.23. The molecule has 1 aromatic heterocycles. The van der Waals surface area contributed by atoms with Crippen molar-refractivity contribution in [2.75, 3.05) is 13.2 Å². The van der Waals surface area contributed by atoms with E-state index in [0.717, 1.165) is 32.7 Å². The normalized spacial score (nSPS) is 16.5. The second kappa shape index (κ2) is 7.54. The molecule has 0 amide bonds. The predicted octanol–water partition coefficient (Wildman–Crippen LogP) is 2.34. The summed E-state index contributed by atoms with van der Waals surface area (Å²) in [6.45, 7) is 5.87. The number of imidazole rings is 1. The van der Waals surface area contributed by atoms with Crippen molar-refractivity contribution in [3.8, 4) is 0 Å².